The molecule has 6 nitrogen and oxygen atoms in total. The van der Waals surface area contributed by atoms with E-state index in [0.29, 0.717) is 6.07 Å². The van der Waals surface area contributed by atoms with Crippen molar-refractivity contribution in [2.45, 2.75) is 17.9 Å². The summed E-state index contributed by atoms with van der Waals surface area (Å²) in [6, 6.07) is 5.01. The molecule has 12 heteroatoms. The summed E-state index contributed by atoms with van der Waals surface area (Å²) in [6.45, 7) is -0.806. The largest absolute Gasteiger partial charge is 0.416 e. The first-order valence-electron chi connectivity index (χ1n) is 7.55. The smallest absolute Gasteiger partial charge is 0.278 e. The summed E-state index contributed by atoms with van der Waals surface area (Å²) in [5, 5.41) is -0.434. The third-order valence-corrected chi connectivity index (χ3v) is 5.22. The lowest BCUT2D eigenvalue weighted by molar-refractivity contribution is -0.137. The number of anilines is 1. The number of nitrogens with one attached hydrogen (secondary N) is 1. The summed E-state index contributed by atoms with van der Waals surface area (Å²) in [5.74, 6) is -0.0271. The third kappa shape index (κ3) is 4.09. The minimum absolute atomic E-state index is 0.0244. The number of hydrogen-bond donors (Lipinski definition) is 1. The molecular weight excluding hydrogens is 424 g/mol. The summed E-state index contributed by atoms with van der Waals surface area (Å²) in [5.41, 5.74) is -1.09. The lowest BCUT2D eigenvalue weighted by Gasteiger charge is -2.13. The van der Waals surface area contributed by atoms with Crippen molar-refractivity contribution in [3.05, 3.63) is 65.2 Å². The molecule has 28 heavy (non-hydrogen) atoms. The first-order chi connectivity index (χ1) is 13.1. The molecule has 1 aromatic carbocycles. The second-order valence-corrected chi connectivity index (χ2v) is 7.61. The maximum atomic E-state index is 12.8. The number of hydrogen-bond acceptors (Lipinski definition) is 4. The van der Waals surface area contributed by atoms with E-state index < -0.39 is 33.5 Å². The molecule has 0 amide bonds. The number of halogens is 5. The normalized spacial score (nSPS) is 12.2. The molecule has 0 saturated carbocycles. The molecule has 1 N–H and O–H groups in total. The number of benzene rings is 1. The average molecular weight is 435 g/mol. The van der Waals surface area contributed by atoms with Gasteiger partial charge in [-0.25, -0.2) is 14.4 Å². The van der Waals surface area contributed by atoms with Crippen LogP contribution < -0.4 is 4.72 Å². The average Bonchev–Trinajstić information content (AvgIpc) is 3.11. The maximum Gasteiger partial charge on any atom is 0.416 e. The van der Waals surface area contributed by atoms with E-state index in [1.807, 2.05) is 0 Å². The van der Waals surface area contributed by atoms with Crippen molar-refractivity contribution in [1.82, 2.24) is 14.5 Å². The van der Waals surface area contributed by atoms with Crippen LogP contribution in [0.25, 0.3) is 5.82 Å². The number of alkyl halides is 4. The van der Waals surface area contributed by atoms with Gasteiger partial charge in [0.25, 0.3) is 10.0 Å². The van der Waals surface area contributed by atoms with Crippen LogP contribution in [0.1, 0.15) is 11.1 Å². The zero-order valence-corrected chi connectivity index (χ0v) is 15.4. The molecule has 0 aliphatic rings. The van der Waals surface area contributed by atoms with Gasteiger partial charge in [-0.2, -0.15) is 21.6 Å². The van der Waals surface area contributed by atoms with Crippen molar-refractivity contribution in [3.8, 4) is 5.82 Å². The predicted molar refractivity (Wildman–Crippen MR) is 93.4 cm³/mol. The Morgan fingerprint density at radius 2 is 1.93 bits per heavy atom. The fraction of sp³-hybridized carbons (Fsp3) is 0.125. The lowest BCUT2D eigenvalue weighted by atomic mass is 10.2. The van der Waals surface area contributed by atoms with Gasteiger partial charge >= 0.3 is 6.18 Å². The summed E-state index contributed by atoms with van der Waals surface area (Å²) >= 11 is 6.03. The molecule has 2 heterocycles. The molecule has 0 unspecified atom stereocenters. The summed E-state index contributed by atoms with van der Waals surface area (Å²) in [7, 11) is -4.33. The van der Waals surface area contributed by atoms with Crippen molar-refractivity contribution in [2.75, 3.05) is 4.72 Å². The second kappa shape index (κ2) is 7.40. The molecule has 0 fully saturated rings. The van der Waals surface area contributed by atoms with E-state index in [4.69, 9.17) is 11.6 Å². The third-order valence-electron chi connectivity index (χ3n) is 3.58. The van der Waals surface area contributed by atoms with Crippen LogP contribution in [0.3, 0.4) is 0 Å². The van der Waals surface area contributed by atoms with Gasteiger partial charge in [-0.15, -0.1) is 0 Å². The Morgan fingerprint density at radius 3 is 2.57 bits per heavy atom. The molecule has 0 radical (unpaired) electrons. The van der Waals surface area contributed by atoms with Crippen LogP contribution in [0.4, 0.5) is 23.2 Å². The van der Waals surface area contributed by atoms with Crippen molar-refractivity contribution in [2.24, 2.45) is 0 Å². The van der Waals surface area contributed by atoms with E-state index in [0.717, 1.165) is 29.2 Å². The summed E-state index contributed by atoms with van der Waals surface area (Å²) in [4.78, 5) is 7.67. The maximum absolute atomic E-state index is 12.8. The van der Waals surface area contributed by atoms with Gasteiger partial charge in [-0.1, -0.05) is 17.7 Å². The lowest BCUT2D eigenvalue weighted by Crippen LogP contribution is -2.17. The van der Waals surface area contributed by atoms with E-state index in [9.17, 15) is 26.0 Å². The molecule has 3 rings (SSSR count). The topological polar surface area (TPSA) is 76.9 Å². The summed E-state index contributed by atoms with van der Waals surface area (Å²) < 4.78 is 79.6. The van der Waals surface area contributed by atoms with Crippen LogP contribution in [0.5, 0.6) is 0 Å². The number of imidazole rings is 1. The zero-order chi connectivity index (χ0) is 20.5. The van der Waals surface area contributed by atoms with Gasteiger partial charge in [0.1, 0.15) is 13.0 Å². The molecule has 0 bridgehead atoms. The molecule has 0 aliphatic carbocycles. The Hall–Kier alpha value is -2.66. The first-order valence-corrected chi connectivity index (χ1v) is 9.41. The molecule has 0 saturated heterocycles. The van der Waals surface area contributed by atoms with Crippen molar-refractivity contribution in [3.63, 3.8) is 0 Å². The van der Waals surface area contributed by atoms with E-state index in [1.54, 1.807) is 0 Å². The highest BCUT2D eigenvalue weighted by Gasteiger charge is 2.31. The Bertz CT molecular complexity index is 1120. The number of nitrogens with zero attached hydrogens (tertiary/aromatic N) is 3. The van der Waals surface area contributed by atoms with Crippen LogP contribution in [0, 0.1) is 0 Å². The van der Waals surface area contributed by atoms with Crippen LogP contribution in [0.15, 0.2) is 54.1 Å². The minimum Gasteiger partial charge on any atom is -0.278 e. The van der Waals surface area contributed by atoms with Gasteiger partial charge < -0.3 is 0 Å². The van der Waals surface area contributed by atoms with Gasteiger partial charge in [-0.3, -0.25) is 9.29 Å². The SMILES string of the molecule is O=S(=O)(Nc1cccc(C(F)(F)F)c1)c1cncn1-c1ncc(CF)cc1Cl. The minimum atomic E-state index is -4.63. The van der Waals surface area contributed by atoms with Crippen LogP contribution >= 0.6 is 11.6 Å². The molecule has 3 aromatic rings. The quantitative estimate of drug-likeness (QED) is 0.610. The fourth-order valence-corrected chi connectivity index (χ4v) is 3.74. The number of pyridine rings is 1. The highest BCUT2D eigenvalue weighted by atomic mass is 35.5. The fourth-order valence-electron chi connectivity index (χ4n) is 2.33. The van der Waals surface area contributed by atoms with Crippen molar-refractivity contribution in [1.29, 1.82) is 0 Å². The second-order valence-electron chi connectivity index (χ2n) is 5.57. The van der Waals surface area contributed by atoms with Crippen LogP contribution in [-0.2, 0) is 22.9 Å². The van der Waals surface area contributed by atoms with Crippen LogP contribution in [0.2, 0.25) is 5.02 Å². The highest BCUT2D eigenvalue weighted by molar-refractivity contribution is 7.92. The zero-order valence-electron chi connectivity index (χ0n) is 13.8. The molecule has 148 valence electrons. The van der Waals surface area contributed by atoms with E-state index in [1.165, 1.54) is 18.3 Å². The van der Waals surface area contributed by atoms with Crippen LogP contribution in [-0.4, -0.2) is 23.0 Å². The number of sulfonamides is 1. The van der Waals surface area contributed by atoms with Crippen molar-refractivity contribution < 1.29 is 26.0 Å². The van der Waals surface area contributed by atoms with E-state index in [-0.39, 0.29) is 22.1 Å². The summed E-state index contributed by atoms with van der Waals surface area (Å²) in [6.07, 6.45) is -1.35. The molecule has 0 spiro atoms. The Kier molecular flexibility index (Phi) is 5.31. The Morgan fingerprint density at radius 1 is 1.18 bits per heavy atom. The molecule has 0 atom stereocenters. The number of aromatic nitrogens is 3. The van der Waals surface area contributed by atoms with Gasteiger partial charge in [0.2, 0.25) is 0 Å². The molecule has 0 aliphatic heterocycles. The molecular formula is C16H11ClF4N4O2S. The monoisotopic (exact) mass is 434 g/mol. The van der Waals surface area contributed by atoms with E-state index in [2.05, 4.69) is 14.7 Å². The molecule has 2 aromatic heterocycles. The van der Waals surface area contributed by atoms with E-state index >= 15 is 0 Å². The van der Waals surface area contributed by atoms with Gasteiger partial charge in [0, 0.05) is 17.4 Å². The number of rotatable bonds is 5. The standard InChI is InChI=1S/C16H11ClF4N4O2S/c17-13-4-10(6-18)7-23-15(13)25-9-22-8-14(25)28(26,27)24-12-3-1-2-11(5-12)16(19,20)21/h1-5,7-9,24H,6H2. The van der Waals surface area contributed by atoms with Gasteiger partial charge in [-0.05, 0) is 24.3 Å². The predicted octanol–water partition coefficient (Wildman–Crippen LogP) is 4.21. The van der Waals surface area contributed by atoms with Gasteiger partial charge in [0.05, 0.1) is 16.8 Å². The highest BCUT2D eigenvalue weighted by Crippen LogP contribution is 2.31. The Balaban J connectivity index is 1.98. The van der Waals surface area contributed by atoms with Gasteiger partial charge in [0.15, 0.2) is 10.8 Å². The Labute approximate surface area is 161 Å². The first kappa shape index (κ1) is 20.1. The van der Waals surface area contributed by atoms with Crippen molar-refractivity contribution >= 4 is 27.3 Å².